The minimum Gasteiger partial charge on any atom is -0.400 e. The van der Waals surface area contributed by atoms with Crippen LogP contribution in [0, 0.1) is 0 Å². The predicted molar refractivity (Wildman–Crippen MR) is 56.8 cm³/mol. The molecule has 0 unspecified atom stereocenters. The van der Waals surface area contributed by atoms with Gasteiger partial charge >= 0.3 is 0 Å². The number of hydrogen-bond acceptors (Lipinski definition) is 2. The van der Waals surface area contributed by atoms with E-state index in [1.165, 1.54) is 0 Å². The van der Waals surface area contributed by atoms with Crippen LogP contribution in [0.2, 0.25) is 5.02 Å². The van der Waals surface area contributed by atoms with E-state index < -0.39 is 0 Å². The van der Waals surface area contributed by atoms with Crippen molar-refractivity contribution in [3.05, 3.63) is 35.0 Å². The van der Waals surface area contributed by atoms with Gasteiger partial charge in [-0.15, -0.1) is 0 Å². The molecule has 74 valence electrons. The highest BCUT2D eigenvalue weighted by molar-refractivity contribution is 6.31. The van der Waals surface area contributed by atoms with Gasteiger partial charge in [-0.05, 0) is 24.3 Å². The van der Waals surface area contributed by atoms with Crippen LogP contribution in [0.4, 0.5) is 0 Å². The Labute approximate surface area is 86.3 Å². The van der Waals surface area contributed by atoms with Gasteiger partial charge in [0.2, 0.25) is 0 Å². The van der Waals surface area contributed by atoms with Crippen molar-refractivity contribution in [1.82, 2.24) is 4.98 Å². The average Bonchev–Trinajstić information content (AvgIpc) is 2.62. The van der Waals surface area contributed by atoms with Crippen molar-refractivity contribution in [2.45, 2.75) is 0 Å². The number of carbonyl (C=O) groups is 1. The largest absolute Gasteiger partial charge is 0.400 e. The van der Waals surface area contributed by atoms with Gasteiger partial charge in [0, 0.05) is 23.0 Å². The van der Waals surface area contributed by atoms with Gasteiger partial charge in [0.25, 0.3) is 0 Å². The predicted octanol–water partition coefficient (Wildman–Crippen LogP) is 2.24. The summed E-state index contributed by atoms with van der Waals surface area (Å²) in [4.78, 5) is 13.3. The Morgan fingerprint density at radius 3 is 2.71 bits per heavy atom. The number of aldehydes is 1. The number of halogens is 1. The number of aliphatic hydroxyl groups is 1. The summed E-state index contributed by atoms with van der Waals surface area (Å²) in [5, 5.41) is 8.64. The number of H-pyrrole nitrogens is 1. The van der Waals surface area contributed by atoms with Crippen molar-refractivity contribution < 1.29 is 9.90 Å². The normalized spacial score (nSPS) is 9.36. The fourth-order valence-corrected chi connectivity index (χ4v) is 1.37. The van der Waals surface area contributed by atoms with E-state index in [1.54, 1.807) is 12.1 Å². The summed E-state index contributed by atoms with van der Waals surface area (Å²) in [6, 6.07) is 7.23. The minimum absolute atomic E-state index is 0.576. The molecule has 3 nitrogen and oxygen atoms in total. The highest BCUT2D eigenvalue weighted by Crippen LogP contribution is 2.19. The number of benzene rings is 1. The van der Waals surface area contributed by atoms with E-state index in [0.717, 1.165) is 24.3 Å². The van der Waals surface area contributed by atoms with Gasteiger partial charge in [-0.2, -0.15) is 0 Å². The van der Waals surface area contributed by atoms with Gasteiger partial charge in [-0.1, -0.05) is 11.6 Å². The lowest BCUT2D eigenvalue weighted by atomic mass is 10.2. The molecule has 0 radical (unpaired) electrons. The highest BCUT2D eigenvalue weighted by Gasteiger charge is 1.98. The van der Waals surface area contributed by atoms with E-state index in [9.17, 15) is 4.79 Å². The van der Waals surface area contributed by atoms with Gasteiger partial charge in [0.1, 0.15) is 0 Å². The molecule has 0 aliphatic carbocycles. The molecule has 0 amide bonds. The quantitative estimate of drug-likeness (QED) is 0.711. The fourth-order valence-electron chi connectivity index (χ4n) is 1.19. The van der Waals surface area contributed by atoms with E-state index in [-0.39, 0.29) is 0 Å². The molecule has 0 aliphatic rings. The summed E-state index contributed by atoms with van der Waals surface area (Å²) in [6.45, 7) is 0. The second kappa shape index (κ2) is 4.79. The minimum atomic E-state index is 0.576. The summed E-state index contributed by atoms with van der Waals surface area (Å²) in [6.07, 6.45) is 0.786. The van der Waals surface area contributed by atoms with E-state index in [0.29, 0.717) is 10.7 Å². The third-order valence-corrected chi connectivity index (χ3v) is 1.97. The summed E-state index contributed by atoms with van der Waals surface area (Å²) in [5.41, 5.74) is 1.51. The van der Waals surface area contributed by atoms with Gasteiger partial charge in [0.15, 0.2) is 6.29 Å². The first-order chi connectivity index (χ1) is 6.79. The zero-order valence-corrected chi connectivity index (χ0v) is 8.38. The molecule has 2 N–H and O–H groups in total. The van der Waals surface area contributed by atoms with Crippen molar-refractivity contribution in [3.8, 4) is 0 Å². The Bertz CT molecular complexity index is 437. The molecular formula is C10H10ClNO2. The Balaban J connectivity index is 0.000000461. The SMILES string of the molecule is CO.O=Cc1cc2cc(Cl)ccc2[nH]1. The molecule has 1 aromatic heterocycles. The first-order valence-electron chi connectivity index (χ1n) is 3.98. The van der Waals surface area contributed by atoms with Gasteiger partial charge in [-0.25, -0.2) is 0 Å². The lowest BCUT2D eigenvalue weighted by molar-refractivity contribution is 0.112. The van der Waals surface area contributed by atoms with E-state index in [1.807, 2.05) is 12.1 Å². The number of aromatic amines is 1. The molecule has 0 atom stereocenters. The van der Waals surface area contributed by atoms with Crippen LogP contribution in [0.5, 0.6) is 0 Å². The number of aromatic nitrogens is 1. The molecule has 4 heteroatoms. The molecule has 0 fully saturated rings. The lowest BCUT2D eigenvalue weighted by Gasteiger charge is -1.88. The molecule has 14 heavy (non-hydrogen) atoms. The molecule has 0 spiro atoms. The zero-order chi connectivity index (χ0) is 10.6. The Kier molecular flexibility index (Phi) is 3.68. The number of nitrogens with one attached hydrogen (secondary N) is 1. The van der Waals surface area contributed by atoms with Crippen LogP contribution in [-0.2, 0) is 0 Å². The number of hydrogen-bond donors (Lipinski definition) is 2. The first-order valence-corrected chi connectivity index (χ1v) is 4.35. The first kappa shape index (κ1) is 10.8. The standard InChI is InChI=1S/C9H6ClNO.CH4O/c10-7-1-2-9-6(3-7)4-8(5-12)11-9;1-2/h1-5,11H;2H,1H3. The topological polar surface area (TPSA) is 53.1 Å². The van der Waals surface area contributed by atoms with Crippen LogP contribution in [-0.4, -0.2) is 23.5 Å². The summed E-state index contributed by atoms with van der Waals surface area (Å²) >= 11 is 5.77. The van der Waals surface area contributed by atoms with E-state index >= 15 is 0 Å². The number of fused-ring (bicyclic) bond motifs is 1. The molecule has 1 aromatic carbocycles. The van der Waals surface area contributed by atoms with Crippen LogP contribution in [0.3, 0.4) is 0 Å². The molecule has 2 aromatic rings. The van der Waals surface area contributed by atoms with Crippen molar-refractivity contribution in [2.24, 2.45) is 0 Å². The Hall–Kier alpha value is -1.32. The van der Waals surface area contributed by atoms with Crippen LogP contribution in [0.25, 0.3) is 10.9 Å². The van der Waals surface area contributed by atoms with Crippen LogP contribution in [0.15, 0.2) is 24.3 Å². The second-order valence-electron chi connectivity index (χ2n) is 2.57. The van der Waals surface area contributed by atoms with Crippen molar-refractivity contribution in [2.75, 3.05) is 7.11 Å². The zero-order valence-electron chi connectivity index (χ0n) is 7.62. The maximum Gasteiger partial charge on any atom is 0.166 e. The van der Waals surface area contributed by atoms with Crippen LogP contribution >= 0.6 is 11.6 Å². The van der Waals surface area contributed by atoms with Gasteiger partial charge < -0.3 is 10.1 Å². The van der Waals surface area contributed by atoms with Crippen LogP contribution < -0.4 is 0 Å². The second-order valence-corrected chi connectivity index (χ2v) is 3.01. The summed E-state index contributed by atoms with van der Waals surface area (Å²) < 4.78 is 0. The molecule has 0 saturated heterocycles. The lowest BCUT2D eigenvalue weighted by Crippen LogP contribution is -1.74. The Morgan fingerprint density at radius 2 is 2.07 bits per heavy atom. The highest BCUT2D eigenvalue weighted by atomic mass is 35.5. The molecule has 0 saturated carbocycles. The van der Waals surface area contributed by atoms with Crippen molar-refractivity contribution >= 4 is 28.8 Å². The fraction of sp³-hybridized carbons (Fsp3) is 0.100. The number of rotatable bonds is 1. The third-order valence-electron chi connectivity index (χ3n) is 1.73. The van der Waals surface area contributed by atoms with Gasteiger partial charge in [0.05, 0.1) is 5.69 Å². The van der Waals surface area contributed by atoms with E-state index in [4.69, 9.17) is 16.7 Å². The number of aliphatic hydroxyl groups excluding tert-OH is 1. The number of carbonyl (C=O) groups excluding carboxylic acids is 1. The maximum atomic E-state index is 10.4. The molecule has 2 rings (SSSR count). The molecule has 0 bridgehead atoms. The molecular weight excluding hydrogens is 202 g/mol. The maximum absolute atomic E-state index is 10.4. The van der Waals surface area contributed by atoms with Crippen molar-refractivity contribution in [1.29, 1.82) is 0 Å². The molecule has 1 heterocycles. The Morgan fingerprint density at radius 1 is 1.36 bits per heavy atom. The monoisotopic (exact) mass is 211 g/mol. The average molecular weight is 212 g/mol. The molecule has 0 aliphatic heterocycles. The third kappa shape index (κ3) is 2.13. The summed E-state index contributed by atoms with van der Waals surface area (Å²) in [5.74, 6) is 0. The van der Waals surface area contributed by atoms with Gasteiger partial charge in [-0.3, -0.25) is 4.79 Å². The smallest absolute Gasteiger partial charge is 0.166 e. The summed E-state index contributed by atoms with van der Waals surface area (Å²) in [7, 11) is 1.00. The van der Waals surface area contributed by atoms with Crippen molar-refractivity contribution in [3.63, 3.8) is 0 Å². The van der Waals surface area contributed by atoms with Crippen LogP contribution in [0.1, 0.15) is 10.5 Å². The van der Waals surface area contributed by atoms with E-state index in [2.05, 4.69) is 4.98 Å².